The average molecular weight is 389 g/mol. The first kappa shape index (κ1) is 19.8. The van der Waals surface area contributed by atoms with E-state index in [1.54, 1.807) is 0 Å². The van der Waals surface area contributed by atoms with E-state index in [9.17, 15) is 18.4 Å². The Balaban J connectivity index is 1.44. The highest BCUT2D eigenvalue weighted by molar-refractivity contribution is 6.39. The number of nitrogens with one attached hydrogen (secondary N) is 2. The third-order valence-electron chi connectivity index (χ3n) is 4.40. The first-order valence-electron chi connectivity index (χ1n) is 8.99. The lowest BCUT2D eigenvalue weighted by molar-refractivity contribution is -0.136. The van der Waals surface area contributed by atoms with Crippen LogP contribution in [0.15, 0.2) is 42.5 Å². The quantitative estimate of drug-likeness (QED) is 0.769. The van der Waals surface area contributed by atoms with E-state index in [4.69, 9.17) is 4.74 Å². The maximum atomic E-state index is 13.5. The number of carbonyl (C=O) groups excluding carboxylic acids is 2. The van der Waals surface area contributed by atoms with Gasteiger partial charge in [0.05, 0.1) is 18.9 Å². The van der Waals surface area contributed by atoms with Gasteiger partial charge in [0.2, 0.25) is 0 Å². The van der Waals surface area contributed by atoms with E-state index in [1.807, 2.05) is 24.3 Å². The van der Waals surface area contributed by atoms with E-state index in [1.165, 1.54) is 0 Å². The lowest BCUT2D eigenvalue weighted by atomic mass is 10.1. The SMILES string of the molecule is O=C(NCCc1ccc(N2CCOCC2)cc1)C(=O)Nc1ccc(F)cc1F. The fourth-order valence-electron chi connectivity index (χ4n) is 2.87. The van der Waals surface area contributed by atoms with Crippen LogP contribution in [0.2, 0.25) is 0 Å². The van der Waals surface area contributed by atoms with E-state index in [0.717, 1.165) is 49.7 Å². The number of ether oxygens (including phenoxy) is 1. The van der Waals surface area contributed by atoms with Crippen molar-refractivity contribution in [3.05, 3.63) is 59.7 Å². The van der Waals surface area contributed by atoms with E-state index < -0.39 is 23.4 Å². The van der Waals surface area contributed by atoms with Crippen molar-refractivity contribution >= 4 is 23.2 Å². The predicted octanol–water partition coefficient (Wildman–Crippen LogP) is 2.10. The fraction of sp³-hybridized carbons (Fsp3) is 0.300. The second kappa shape index (κ2) is 9.27. The Morgan fingerprint density at radius 1 is 1.00 bits per heavy atom. The van der Waals surface area contributed by atoms with Gasteiger partial charge in [-0.05, 0) is 36.2 Å². The van der Waals surface area contributed by atoms with Crippen LogP contribution in [-0.4, -0.2) is 44.7 Å². The van der Waals surface area contributed by atoms with Crippen molar-refractivity contribution < 1.29 is 23.1 Å². The normalized spacial score (nSPS) is 13.9. The largest absolute Gasteiger partial charge is 0.378 e. The van der Waals surface area contributed by atoms with Crippen molar-refractivity contribution in [2.75, 3.05) is 43.1 Å². The first-order chi connectivity index (χ1) is 13.5. The first-order valence-corrected chi connectivity index (χ1v) is 8.99. The molecule has 0 saturated carbocycles. The molecule has 148 valence electrons. The molecule has 0 aromatic heterocycles. The summed E-state index contributed by atoms with van der Waals surface area (Å²) in [6.07, 6.45) is 0.549. The molecule has 0 bridgehead atoms. The van der Waals surface area contributed by atoms with Crippen molar-refractivity contribution in [2.24, 2.45) is 0 Å². The molecule has 6 nitrogen and oxygen atoms in total. The van der Waals surface area contributed by atoms with Crippen LogP contribution >= 0.6 is 0 Å². The smallest absolute Gasteiger partial charge is 0.313 e. The lowest BCUT2D eigenvalue weighted by Gasteiger charge is -2.28. The van der Waals surface area contributed by atoms with Crippen LogP contribution in [0.1, 0.15) is 5.56 Å². The Hall–Kier alpha value is -3.00. The number of anilines is 2. The molecule has 1 heterocycles. The number of benzene rings is 2. The second-order valence-corrected chi connectivity index (χ2v) is 6.35. The standard InChI is InChI=1S/C20H21F2N3O3/c21-15-3-6-18(17(22)13-15)24-20(27)19(26)23-8-7-14-1-4-16(5-2-14)25-9-11-28-12-10-25/h1-6,13H,7-12H2,(H,23,26)(H,24,27). The van der Waals surface area contributed by atoms with Gasteiger partial charge < -0.3 is 20.3 Å². The van der Waals surface area contributed by atoms with Crippen molar-refractivity contribution in [3.63, 3.8) is 0 Å². The van der Waals surface area contributed by atoms with Gasteiger partial charge in [-0.1, -0.05) is 12.1 Å². The van der Waals surface area contributed by atoms with Gasteiger partial charge in [-0.2, -0.15) is 0 Å². The van der Waals surface area contributed by atoms with E-state index in [2.05, 4.69) is 15.5 Å². The zero-order chi connectivity index (χ0) is 19.9. The Morgan fingerprint density at radius 3 is 2.39 bits per heavy atom. The van der Waals surface area contributed by atoms with Crippen LogP contribution in [0.5, 0.6) is 0 Å². The number of morpholine rings is 1. The molecular formula is C20H21F2N3O3. The summed E-state index contributed by atoms with van der Waals surface area (Å²) in [5, 5.41) is 4.61. The summed E-state index contributed by atoms with van der Waals surface area (Å²) < 4.78 is 31.7. The molecule has 0 atom stereocenters. The number of amides is 2. The van der Waals surface area contributed by atoms with Crippen molar-refractivity contribution in [3.8, 4) is 0 Å². The maximum absolute atomic E-state index is 13.5. The number of halogens is 2. The Morgan fingerprint density at radius 2 is 1.71 bits per heavy atom. The second-order valence-electron chi connectivity index (χ2n) is 6.35. The Kier molecular flexibility index (Phi) is 6.54. The van der Waals surface area contributed by atoms with E-state index >= 15 is 0 Å². The summed E-state index contributed by atoms with van der Waals surface area (Å²) in [7, 11) is 0. The number of rotatable bonds is 5. The molecule has 0 spiro atoms. The van der Waals surface area contributed by atoms with Gasteiger partial charge in [-0.15, -0.1) is 0 Å². The molecule has 2 N–H and O–H groups in total. The molecule has 0 unspecified atom stereocenters. The highest BCUT2D eigenvalue weighted by atomic mass is 19.1. The van der Waals surface area contributed by atoms with Crippen LogP contribution in [-0.2, 0) is 20.7 Å². The van der Waals surface area contributed by atoms with Gasteiger partial charge in [-0.3, -0.25) is 9.59 Å². The van der Waals surface area contributed by atoms with Crippen LogP contribution < -0.4 is 15.5 Å². The summed E-state index contributed by atoms with van der Waals surface area (Å²) in [4.78, 5) is 25.9. The summed E-state index contributed by atoms with van der Waals surface area (Å²) >= 11 is 0. The minimum Gasteiger partial charge on any atom is -0.378 e. The van der Waals surface area contributed by atoms with Crippen LogP contribution in [0, 0.1) is 11.6 Å². The third-order valence-corrected chi connectivity index (χ3v) is 4.40. The lowest BCUT2D eigenvalue weighted by Crippen LogP contribution is -2.36. The molecule has 0 aliphatic carbocycles. The number of hydrogen-bond donors (Lipinski definition) is 2. The summed E-state index contributed by atoms with van der Waals surface area (Å²) in [6.45, 7) is 3.42. The number of carbonyl (C=O) groups is 2. The van der Waals surface area contributed by atoms with Gasteiger partial charge >= 0.3 is 11.8 Å². The molecule has 1 saturated heterocycles. The van der Waals surface area contributed by atoms with Crippen LogP contribution in [0.25, 0.3) is 0 Å². The molecule has 1 aliphatic rings. The molecule has 3 rings (SSSR count). The van der Waals surface area contributed by atoms with Crippen molar-refractivity contribution in [1.29, 1.82) is 0 Å². The number of hydrogen-bond acceptors (Lipinski definition) is 4. The molecule has 1 fully saturated rings. The molecule has 0 radical (unpaired) electrons. The van der Waals surface area contributed by atoms with Gasteiger partial charge in [-0.25, -0.2) is 8.78 Å². The summed E-state index contributed by atoms with van der Waals surface area (Å²) in [5.74, 6) is -3.59. The van der Waals surface area contributed by atoms with Crippen LogP contribution in [0.4, 0.5) is 20.2 Å². The zero-order valence-corrected chi connectivity index (χ0v) is 15.2. The summed E-state index contributed by atoms with van der Waals surface area (Å²) in [5.41, 5.74) is 1.89. The van der Waals surface area contributed by atoms with Gasteiger partial charge in [0.15, 0.2) is 0 Å². The average Bonchev–Trinajstić information content (AvgIpc) is 2.71. The van der Waals surface area contributed by atoms with E-state index in [0.29, 0.717) is 12.5 Å². The molecule has 2 aromatic carbocycles. The topological polar surface area (TPSA) is 70.7 Å². The van der Waals surface area contributed by atoms with Crippen molar-refractivity contribution in [2.45, 2.75) is 6.42 Å². The van der Waals surface area contributed by atoms with Crippen LogP contribution in [0.3, 0.4) is 0 Å². The number of nitrogens with zero attached hydrogens (tertiary/aromatic N) is 1. The molecule has 1 aliphatic heterocycles. The fourth-order valence-corrected chi connectivity index (χ4v) is 2.87. The van der Waals surface area contributed by atoms with E-state index in [-0.39, 0.29) is 12.2 Å². The zero-order valence-electron chi connectivity index (χ0n) is 15.2. The summed E-state index contributed by atoms with van der Waals surface area (Å²) in [6, 6.07) is 10.7. The Labute approximate surface area is 161 Å². The maximum Gasteiger partial charge on any atom is 0.313 e. The molecule has 28 heavy (non-hydrogen) atoms. The molecular weight excluding hydrogens is 368 g/mol. The van der Waals surface area contributed by atoms with Gasteiger partial charge in [0.25, 0.3) is 0 Å². The van der Waals surface area contributed by atoms with Crippen molar-refractivity contribution in [1.82, 2.24) is 5.32 Å². The molecule has 2 aromatic rings. The third kappa shape index (κ3) is 5.26. The molecule has 8 heteroatoms. The Bertz CT molecular complexity index is 837. The van der Waals surface area contributed by atoms with Gasteiger partial charge in [0, 0.05) is 31.4 Å². The molecule has 2 amide bonds. The minimum atomic E-state index is -1.01. The van der Waals surface area contributed by atoms with Gasteiger partial charge in [0.1, 0.15) is 11.6 Å². The minimum absolute atomic E-state index is 0.250. The highest BCUT2D eigenvalue weighted by Gasteiger charge is 2.15. The highest BCUT2D eigenvalue weighted by Crippen LogP contribution is 2.17. The predicted molar refractivity (Wildman–Crippen MR) is 101 cm³/mol. The monoisotopic (exact) mass is 389 g/mol.